The zero-order chi connectivity index (χ0) is 15.3. The van der Waals surface area contributed by atoms with Crippen molar-refractivity contribution >= 4 is 21.9 Å². The summed E-state index contributed by atoms with van der Waals surface area (Å²) in [6, 6.07) is 3.00. The van der Waals surface area contributed by atoms with Crippen LogP contribution in [0, 0.1) is 0 Å². The van der Waals surface area contributed by atoms with Gasteiger partial charge in [-0.1, -0.05) is 0 Å². The Bertz CT molecular complexity index is 451. The fraction of sp³-hybridized carbons (Fsp3) is 0.462. The van der Waals surface area contributed by atoms with Crippen LogP contribution in [0.1, 0.15) is 18.6 Å². The molecule has 7 heteroatoms. The fourth-order valence-corrected chi connectivity index (χ4v) is 2.15. The van der Waals surface area contributed by atoms with E-state index in [1.54, 1.807) is 6.92 Å². The van der Waals surface area contributed by atoms with Crippen molar-refractivity contribution in [2.24, 2.45) is 0 Å². The minimum absolute atomic E-state index is 0.121. The third-order valence-electron chi connectivity index (χ3n) is 2.64. The fourth-order valence-electron chi connectivity index (χ4n) is 1.60. The van der Waals surface area contributed by atoms with Gasteiger partial charge in [0.25, 0.3) is 0 Å². The second-order valence-corrected chi connectivity index (χ2v) is 4.67. The number of halogens is 1. The van der Waals surface area contributed by atoms with Gasteiger partial charge in [0.15, 0.2) is 6.10 Å². The molecule has 0 spiro atoms. The minimum atomic E-state index is -1.68. The van der Waals surface area contributed by atoms with E-state index < -0.39 is 18.2 Å². The predicted octanol–water partition coefficient (Wildman–Crippen LogP) is 1.42. The van der Waals surface area contributed by atoms with E-state index in [1.807, 2.05) is 0 Å². The molecule has 1 aromatic rings. The summed E-state index contributed by atoms with van der Waals surface area (Å²) in [5, 5.41) is 19.8. The van der Waals surface area contributed by atoms with E-state index in [0.717, 1.165) is 0 Å². The molecule has 20 heavy (non-hydrogen) atoms. The normalized spacial score (nSPS) is 13.5. The number of hydrogen-bond donors (Lipinski definition) is 2. The van der Waals surface area contributed by atoms with Gasteiger partial charge in [0.2, 0.25) is 0 Å². The maximum Gasteiger partial charge on any atom is 0.338 e. The Kier molecular flexibility index (Phi) is 6.25. The van der Waals surface area contributed by atoms with Crippen LogP contribution in [-0.2, 0) is 9.53 Å². The molecule has 2 N–H and O–H groups in total. The molecule has 1 rings (SSSR count). The SMILES string of the molecule is CCOC(=O)C(O)C(O)c1cc(OC)c(Br)c(OC)c1. The third-order valence-corrected chi connectivity index (χ3v) is 3.42. The number of benzene rings is 1. The lowest BCUT2D eigenvalue weighted by Gasteiger charge is -2.19. The molecule has 6 nitrogen and oxygen atoms in total. The Labute approximate surface area is 125 Å². The van der Waals surface area contributed by atoms with Crippen molar-refractivity contribution in [3.05, 3.63) is 22.2 Å². The summed E-state index contributed by atoms with van der Waals surface area (Å²) in [4.78, 5) is 11.4. The van der Waals surface area contributed by atoms with Gasteiger partial charge in [-0.15, -0.1) is 0 Å². The van der Waals surface area contributed by atoms with Gasteiger partial charge in [-0.3, -0.25) is 0 Å². The minimum Gasteiger partial charge on any atom is -0.495 e. The molecule has 2 atom stereocenters. The van der Waals surface area contributed by atoms with Gasteiger partial charge in [-0.05, 0) is 40.5 Å². The first-order valence-electron chi connectivity index (χ1n) is 5.90. The van der Waals surface area contributed by atoms with E-state index in [4.69, 9.17) is 9.47 Å². The van der Waals surface area contributed by atoms with E-state index >= 15 is 0 Å². The summed E-state index contributed by atoms with van der Waals surface area (Å²) in [6.45, 7) is 1.73. The van der Waals surface area contributed by atoms with Gasteiger partial charge >= 0.3 is 5.97 Å². The van der Waals surface area contributed by atoms with E-state index in [9.17, 15) is 15.0 Å². The number of hydrogen-bond acceptors (Lipinski definition) is 6. The highest BCUT2D eigenvalue weighted by Crippen LogP contribution is 2.37. The quantitative estimate of drug-likeness (QED) is 0.756. The van der Waals surface area contributed by atoms with Crippen molar-refractivity contribution in [3.8, 4) is 11.5 Å². The molecule has 2 unspecified atom stereocenters. The highest BCUT2D eigenvalue weighted by atomic mass is 79.9. The van der Waals surface area contributed by atoms with Gasteiger partial charge in [-0.25, -0.2) is 4.79 Å². The highest BCUT2D eigenvalue weighted by Gasteiger charge is 2.28. The lowest BCUT2D eigenvalue weighted by Crippen LogP contribution is -2.29. The first-order valence-corrected chi connectivity index (χ1v) is 6.69. The molecule has 0 aromatic heterocycles. The van der Waals surface area contributed by atoms with Gasteiger partial charge in [0.05, 0.1) is 20.8 Å². The van der Waals surface area contributed by atoms with E-state index in [1.165, 1.54) is 26.4 Å². The third kappa shape index (κ3) is 3.62. The summed E-state index contributed by atoms with van der Waals surface area (Å²) in [5.74, 6) is -0.0650. The van der Waals surface area contributed by atoms with E-state index in [0.29, 0.717) is 16.0 Å². The summed E-state index contributed by atoms with van der Waals surface area (Å²) in [7, 11) is 2.91. The molecule has 0 bridgehead atoms. The molecule has 0 saturated heterocycles. The standard InChI is InChI=1S/C13H17BrO6/c1-4-20-13(17)12(16)11(15)7-5-8(18-2)10(14)9(6-7)19-3/h5-6,11-12,15-16H,4H2,1-3H3. The Hall–Kier alpha value is -1.31. The molecule has 0 saturated carbocycles. The molecule has 0 aliphatic carbocycles. The van der Waals surface area contributed by atoms with Crippen molar-refractivity contribution in [1.29, 1.82) is 0 Å². The molecule has 0 radical (unpaired) electrons. The van der Waals surface area contributed by atoms with Crippen molar-refractivity contribution < 1.29 is 29.2 Å². The van der Waals surface area contributed by atoms with Crippen LogP contribution in [0.25, 0.3) is 0 Å². The van der Waals surface area contributed by atoms with Crippen LogP contribution in [-0.4, -0.2) is 43.1 Å². The summed E-state index contributed by atoms with van der Waals surface area (Å²) in [6.07, 6.45) is -3.12. The number of ether oxygens (including phenoxy) is 3. The van der Waals surface area contributed by atoms with Crippen molar-refractivity contribution in [2.45, 2.75) is 19.1 Å². The Balaban J connectivity index is 3.09. The van der Waals surface area contributed by atoms with Crippen molar-refractivity contribution in [1.82, 2.24) is 0 Å². The van der Waals surface area contributed by atoms with Crippen LogP contribution < -0.4 is 9.47 Å². The lowest BCUT2D eigenvalue weighted by atomic mass is 10.0. The number of rotatable bonds is 6. The van der Waals surface area contributed by atoms with Gasteiger partial charge in [0, 0.05) is 0 Å². The average Bonchev–Trinajstić information content (AvgIpc) is 2.46. The topological polar surface area (TPSA) is 85.2 Å². The number of methoxy groups -OCH3 is 2. The maximum absolute atomic E-state index is 11.4. The summed E-state index contributed by atoms with van der Waals surface area (Å²) in [5.41, 5.74) is 0.280. The highest BCUT2D eigenvalue weighted by molar-refractivity contribution is 9.10. The second kappa shape index (κ2) is 7.47. The van der Waals surface area contributed by atoms with Crippen LogP contribution in [0.4, 0.5) is 0 Å². The number of carbonyl (C=O) groups excluding carboxylic acids is 1. The number of aliphatic hydroxyl groups is 2. The Morgan fingerprint density at radius 2 is 1.75 bits per heavy atom. The second-order valence-electron chi connectivity index (χ2n) is 3.88. The molecular formula is C13H17BrO6. The Morgan fingerprint density at radius 1 is 1.25 bits per heavy atom. The van der Waals surface area contributed by atoms with Crippen LogP contribution in [0.3, 0.4) is 0 Å². The van der Waals surface area contributed by atoms with Crippen molar-refractivity contribution in [2.75, 3.05) is 20.8 Å². The van der Waals surface area contributed by atoms with Gasteiger partial charge in [0.1, 0.15) is 22.1 Å². The van der Waals surface area contributed by atoms with Crippen LogP contribution in [0.5, 0.6) is 11.5 Å². The average molecular weight is 349 g/mol. The monoisotopic (exact) mass is 348 g/mol. The molecule has 0 amide bonds. The molecule has 112 valence electrons. The summed E-state index contributed by atoms with van der Waals surface area (Å²) >= 11 is 3.29. The largest absolute Gasteiger partial charge is 0.495 e. The smallest absolute Gasteiger partial charge is 0.338 e. The molecule has 0 fully saturated rings. The van der Waals surface area contributed by atoms with Crippen LogP contribution in [0.15, 0.2) is 16.6 Å². The van der Waals surface area contributed by atoms with Crippen LogP contribution in [0.2, 0.25) is 0 Å². The number of aliphatic hydroxyl groups excluding tert-OH is 2. The van der Waals surface area contributed by atoms with Crippen LogP contribution >= 0.6 is 15.9 Å². The molecule has 0 heterocycles. The lowest BCUT2D eigenvalue weighted by molar-refractivity contribution is -0.159. The predicted molar refractivity (Wildman–Crippen MR) is 74.8 cm³/mol. The first kappa shape index (κ1) is 16.7. The molecule has 0 aliphatic heterocycles. The van der Waals surface area contributed by atoms with E-state index in [2.05, 4.69) is 20.7 Å². The zero-order valence-electron chi connectivity index (χ0n) is 11.4. The summed E-state index contributed by atoms with van der Waals surface area (Å²) < 4.78 is 15.5. The van der Waals surface area contributed by atoms with E-state index in [-0.39, 0.29) is 12.2 Å². The van der Waals surface area contributed by atoms with Crippen molar-refractivity contribution in [3.63, 3.8) is 0 Å². The Morgan fingerprint density at radius 3 is 2.15 bits per heavy atom. The maximum atomic E-state index is 11.4. The number of esters is 1. The number of carbonyl (C=O) groups is 1. The molecule has 1 aromatic carbocycles. The molecular weight excluding hydrogens is 332 g/mol. The molecule has 0 aliphatic rings. The zero-order valence-corrected chi connectivity index (χ0v) is 13.0. The van der Waals surface area contributed by atoms with Gasteiger partial charge < -0.3 is 24.4 Å². The van der Waals surface area contributed by atoms with Gasteiger partial charge in [-0.2, -0.15) is 0 Å². The first-order chi connectivity index (χ1) is 9.46.